The summed E-state index contributed by atoms with van der Waals surface area (Å²) in [5, 5.41) is 3.18. The smallest absolute Gasteiger partial charge is 0.291 e. The molecule has 1 heterocycles. The zero-order chi connectivity index (χ0) is 23.4. The predicted molar refractivity (Wildman–Crippen MR) is 136 cm³/mol. The second-order valence-corrected chi connectivity index (χ2v) is 10.00. The minimum Gasteiger partial charge on any atom is -0.456 e. The van der Waals surface area contributed by atoms with Crippen molar-refractivity contribution in [3.8, 4) is 0 Å². The molecule has 174 valence electrons. The fourth-order valence-corrected chi connectivity index (χ4v) is 5.55. The lowest BCUT2D eigenvalue weighted by atomic mass is 9.70. The van der Waals surface area contributed by atoms with Crippen LogP contribution in [-0.4, -0.2) is 5.91 Å². The highest BCUT2D eigenvalue weighted by Crippen LogP contribution is 2.44. The normalized spacial score (nSPS) is 21.3. The number of nitrogens with one attached hydrogen (secondary N) is 1. The number of anilines is 1. The Morgan fingerprint density at radius 3 is 2.39 bits per heavy atom. The first-order chi connectivity index (χ1) is 15.9. The van der Waals surface area contributed by atoms with Crippen molar-refractivity contribution in [3.05, 3.63) is 88.4 Å². The first kappa shape index (κ1) is 23.4. The number of carbonyl (C=O) groups excluding carboxylic acids is 1. The molecule has 2 aromatic carbocycles. The van der Waals surface area contributed by atoms with Gasteiger partial charge in [0.25, 0.3) is 5.91 Å². The van der Waals surface area contributed by atoms with Gasteiger partial charge in [0.1, 0.15) is 5.76 Å². The van der Waals surface area contributed by atoms with E-state index >= 15 is 0 Å². The number of aryl methyl sites for hydroxylation is 3. The monoisotopic (exact) mass is 443 g/mol. The molecule has 0 atom stereocenters. The average Bonchev–Trinajstić information content (AvgIpc) is 3.23. The van der Waals surface area contributed by atoms with Gasteiger partial charge in [-0.15, -0.1) is 0 Å². The standard InChI is InChI=1S/C30H37NO2/c1-5-23-15-16-26(27(20-23)31-29(32)28-17-14-22(3)33-28)30(4)18-8-11-24(12-9-19-30)25-13-7-6-10-21(25)2/h6-7,10,13-17,20,24H,5,8-9,11-12,18-19H2,1-4H3,(H,31,32). The van der Waals surface area contributed by atoms with Gasteiger partial charge in [-0.2, -0.15) is 0 Å². The molecule has 3 heteroatoms. The number of hydrogen-bond acceptors (Lipinski definition) is 2. The lowest BCUT2D eigenvalue weighted by Crippen LogP contribution is -2.27. The van der Waals surface area contributed by atoms with E-state index in [0.29, 0.717) is 11.7 Å². The summed E-state index contributed by atoms with van der Waals surface area (Å²) in [6.45, 7) is 8.64. The molecule has 0 spiro atoms. The van der Waals surface area contributed by atoms with Crippen molar-refractivity contribution >= 4 is 11.6 Å². The van der Waals surface area contributed by atoms with E-state index in [1.54, 1.807) is 6.07 Å². The minimum absolute atomic E-state index is 0.0463. The fraction of sp³-hybridized carbons (Fsp3) is 0.433. The maximum Gasteiger partial charge on any atom is 0.291 e. The van der Waals surface area contributed by atoms with Gasteiger partial charge in [-0.25, -0.2) is 0 Å². The number of amides is 1. The van der Waals surface area contributed by atoms with Crippen LogP contribution in [0.1, 0.15) is 96.9 Å². The molecule has 0 radical (unpaired) electrons. The first-order valence-corrected chi connectivity index (χ1v) is 12.5. The molecular weight excluding hydrogens is 406 g/mol. The lowest BCUT2D eigenvalue weighted by Gasteiger charge is -2.36. The van der Waals surface area contributed by atoms with Gasteiger partial charge in [0.2, 0.25) is 0 Å². The molecule has 4 rings (SSSR count). The summed E-state index contributed by atoms with van der Waals surface area (Å²) in [5.41, 5.74) is 6.41. The summed E-state index contributed by atoms with van der Waals surface area (Å²) in [4.78, 5) is 12.9. The number of benzene rings is 2. The average molecular weight is 444 g/mol. The van der Waals surface area contributed by atoms with Gasteiger partial charge in [0.15, 0.2) is 5.76 Å². The maximum absolute atomic E-state index is 12.9. The highest BCUT2D eigenvalue weighted by atomic mass is 16.3. The lowest BCUT2D eigenvalue weighted by molar-refractivity contribution is 0.0995. The number of carbonyl (C=O) groups is 1. The molecule has 3 nitrogen and oxygen atoms in total. The molecule has 1 aromatic heterocycles. The number of rotatable bonds is 5. The highest BCUT2D eigenvalue weighted by molar-refractivity contribution is 6.02. The molecular formula is C30H37NO2. The molecule has 3 aromatic rings. The molecule has 1 N–H and O–H groups in total. The highest BCUT2D eigenvalue weighted by Gasteiger charge is 2.32. The Morgan fingerprint density at radius 2 is 1.76 bits per heavy atom. The van der Waals surface area contributed by atoms with Crippen LogP contribution in [0.5, 0.6) is 0 Å². The Labute approximate surface area is 198 Å². The second-order valence-electron chi connectivity index (χ2n) is 10.00. The fourth-order valence-electron chi connectivity index (χ4n) is 5.55. The molecule has 0 bridgehead atoms. The van der Waals surface area contributed by atoms with Crippen molar-refractivity contribution in [1.29, 1.82) is 0 Å². The van der Waals surface area contributed by atoms with Crippen LogP contribution >= 0.6 is 0 Å². The van der Waals surface area contributed by atoms with Crippen molar-refractivity contribution in [2.45, 2.75) is 84.0 Å². The van der Waals surface area contributed by atoms with E-state index in [1.165, 1.54) is 47.9 Å². The third kappa shape index (κ3) is 5.24. The molecule has 1 aliphatic rings. The largest absolute Gasteiger partial charge is 0.456 e. The van der Waals surface area contributed by atoms with Crippen molar-refractivity contribution in [1.82, 2.24) is 0 Å². The van der Waals surface area contributed by atoms with Gasteiger partial charge in [-0.05, 0) is 97.7 Å². The molecule has 0 unspecified atom stereocenters. The Balaban J connectivity index is 1.56. The van der Waals surface area contributed by atoms with E-state index < -0.39 is 0 Å². The second kappa shape index (κ2) is 9.99. The van der Waals surface area contributed by atoms with Crippen molar-refractivity contribution in [2.24, 2.45) is 0 Å². The molecule has 0 aliphatic heterocycles. The molecule has 1 aliphatic carbocycles. The summed E-state index contributed by atoms with van der Waals surface area (Å²) in [6, 6.07) is 19.1. The van der Waals surface area contributed by atoms with Crippen LogP contribution in [0.15, 0.2) is 59.0 Å². The number of furan rings is 1. The topological polar surface area (TPSA) is 42.2 Å². The summed E-state index contributed by atoms with van der Waals surface area (Å²) >= 11 is 0. The van der Waals surface area contributed by atoms with Crippen LogP contribution in [0.4, 0.5) is 5.69 Å². The quantitative estimate of drug-likeness (QED) is 0.433. The van der Waals surface area contributed by atoms with Gasteiger partial charge in [-0.1, -0.05) is 63.1 Å². The maximum atomic E-state index is 12.9. The molecule has 1 fully saturated rings. The van der Waals surface area contributed by atoms with Gasteiger partial charge in [0, 0.05) is 5.69 Å². The molecule has 1 saturated carbocycles. The Kier molecular flexibility index (Phi) is 7.07. The molecule has 0 saturated heterocycles. The Morgan fingerprint density at radius 1 is 1.03 bits per heavy atom. The Bertz CT molecular complexity index is 1100. The van der Waals surface area contributed by atoms with Gasteiger partial charge in [-0.3, -0.25) is 4.79 Å². The van der Waals surface area contributed by atoms with Crippen LogP contribution in [0.3, 0.4) is 0 Å². The van der Waals surface area contributed by atoms with Gasteiger partial charge >= 0.3 is 0 Å². The Hall–Kier alpha value is -2.81. The van der Waals surface area contributed by atoms with E-state index in [0.717, 1.165) is 30.7 Å². The first-order valence-electron chi connectivity index (χ1n) is 12.5. The third-order valence-electron chi connectivity index (χ3n) is 7.55. The summed E-state index contributed by atoms with van der Waals surface area (Å²) in [5.74, 6) is 1.59. The summed E-state index contributed by atoms with van der Waals surface area (Å²) in [7, 11) is 0. The number of hydrogen-bond donors (Lipinski definition) is 1. The third-order valence-corrected chi connectivity index (χ3v) is 7.55. The SMILES string of the molecule is CCc1ccc(C2(C)CCCC(c3ccccc3C)CCC2)c(NC(=O)c2ccc(C)o2)c1. The summed E-state index contributed by atoms with van der Waals surface area (Å²) in [6.07, 6.45) is 8.03. The molecule has 1 amide bonds. The van der Waals surface area contributed by atoms with Crippen LogP contribution in [0.25, 0.3) is 0 Å². The van der Waals surface area contributed by atoms with Gasteiger partial charge in [0.05, 0.1) is 0 Å². The minimum atomic E-state index is -0.174. The van der Waals surface area contributed by atoms with Crippen LogP contribution in [0.2, 0.25) is 0 Å². The summed E-state index contributed by atoms with van der Waals surface area (Å²) < 4.78 is 5.57. The van der Waals surface area contributed by atoms with Crippen LogP contribution < -0.4 is 5.32 Å². The van der Waals surface area contributed by atoms with E-state index in [1.807, 2.05) is 13.0 Å². The zero-order valence-corrected chi connectivity index (χ0v) is 20.5. The predicted octanol–water partition coefficient (Wildman–Crippen LogP) is 8.11. The van der Waals surface area contributed by atoms with E-state index in [9.17, 15) is 4.79 Å². The van der Waals surface area contributed by atoms with E-state index in [4.69, 9.17) is 4.42 Å². The van der Waals surface area contributed by atoms with Gasteiger partial charge < -0.3 is 9.73 Å². The van der Waals surface area contributed by atoms with Crippen LogP contribution in [0, 0.1) is 13.8 Å². The van der Waals surface area contributed by atoms with Crippen molar-refractivity contribution in [2.75, 3.05) is 5.32 Å². The van der Waals surface area contributed by atoms with E-state index in [-0.39, 0.29) is 11.3 Å². The van der Waals surface area contributed by atoms with Crippen molar-refractivity contribution in [3.63, 3.8) is 0 Å². The van der Waals surface area contributed by atoms with Crippen LogP contribution in [-0.2, 0) is 11.8 Å². The van der Waals surface area contributed by atoms with E-state index in [2.05, 4.69) is 68.6 Å². The molecule has 33 heavy (non-hydrogen) atoms. The zero-order valence-electron chi connectivity index (χ0n) is 20.5. The van der Waals surface area contributed by atoms with Crippen molar-refractivity contribution < 1.29 is 9.21 Å².